The number of nitrogens with one attached hydrogen (secondary N) is 2. The van der Waals surface area contributed by atoms with Crippen molar-refractivity contribution in [3.63, 3.8) is 0 Å². The van der Waals surface area contributed by atoms with Gasteiger partial charge in [0.05, 0.1) is 17.1 Å². The SMILES string of the molecule is C[C@@H](O)c1ccc2[nH]c(=O)c(=O)[nH]c2c1. The average Bonchev–Trinajstić information content (AvgIpc) is 2.19. The normalized spacial score (nSPS) is 12.9. The molecule has 0 aliphatic heterocycles. The Labute approximate surface area is 84.4 Å². The first-order chi connectivity index (χ1) is 7.08. The summed E-state index contributed by atoms with van der Waals surface area (Å²) in [6.07, 6.45) is -0.607. The van der Waals surface area contributed by atoms with E-state index in [1.54, 1.807) is 25.1 Å². The second-order valence-electron chi connectivity index (χ2n) is 3.39. The minimum absolute atomic E-state index is 0.512. The van der Waals surface area contributed by atoms with Gasteiger partial charge in [-0.1, -0.05) is 6.07 Å². The molecule has 0 saturated carbocycles. The maximum Gasteiger partial charge on any atom is 0.314 e. The number of aromatic amines is 2. The topological polar surface area (TPSA) is 85.9 Å². The van der Waals surface area contributed by atoms with Gasteiger partial charge in [-0.25, -0.2) is 0 Å². The van der Waals surface area contributed by atoms with E-state index in [4.69, 9.17) is 0 Å². The van der Waals surface area contributed by atoms with Gasteiger partial charge in [0.25, 0.3) is 0 Å². The molecule has 0 radical (unpaired) electrons. The van der Waals surface area contributed by atoms with Gasteiger partial charge in [-0.3, -0.25) is 9.59 Å². The minimum Gasteiger partial charge on any atom is -0.389 e. The molecule has 15 heavy (non-hydrogen) atoms. The highest BCUT2D eigenvalue weighted by Crippen LogP contribution is 2.15. The van der Waals surface area contributed by atoms with E-state index in [1.807, 2.05) is 0 Å². The fraction of sp³-hybridized carbons (Fsp3) is 0.200. The van der Waals surface area contributed by atoms with E-state index in [-0.39, 0.29) is 0 Å². The van der Waals surface area contributed by atoms with Crippen LogP contribution in [-0.4, -0.2) is 15.1 Å². The number of benzene rings is 1. The van der Waals surface area contributed by atoms with E-state index in [0.29, 0.717) is 16.6 Å². The van der Waals surface area contributed by atoms with Gasteiger partial charge >= 0.3 is 11.1 Å². The van der Waals surface area contributed by atoms with Crippen molar-refractivity contribution in [3.05, 3.63) is 44.5 Å². The molecule has 1 aromatic heterocycles. The Morgan fingerprint density at radius 3 is 2.33 bits per heavy atom. The molecule has 3 N–H and O–H groups in total. The van der Waals surface area contributed by atoms with Crippen molar-refractivity contribution in [2.75, 3.05) is 0 Å². The molecule has 0 aliphatic rings. The molecule has 0 saturated heterocycles. The molecule has 5 heteroatoms. The van der Waals surface area contributed by atoms with Crippen LogP contribution in [-0.2, 0) is 0 Å². The van der Waals surface area contributed by atoms with Crippen molar-refractivity contribution in [3.8, 4) is 0 Å². The molecule has 2 aromatic rings. The second kappa shape index (κ2) is 3.36. The number of hydrogen-bond donors (Lipinski definition) is 3. The number of aliphatic hydroxyl groups is 1. The standard InChI is InChI=1S/C10H10N2O3/c1-5(13)6-2-3-7-8(4-6)12-10(15)9(14)11-7/h2-5,13H,1H3,(H,11,14)(H,12,15)/t5-/m1/s1. The lowest BCUT2D eigenvalue weighted by molar-refractivity contribution is 0.199. The number of fused-ring (bicyclic) bond motifs is 1. The summed E-state index contributed by atoms with van der Waals surface area (Å²) in [4.78, 5) is 26.9. The van der Waals surface area contributed by atoms with Gasteiger partial charge in [0.2, 0.25) is 0 Å². The first kappa shape index (κ1) is 9.67. The number of aromatic nitrogens is 2. The Hall–Kier alpha value is -1.88. The van der Waals surface area contributed by atoms with Crippen molar-refractivity contribution in [2.45, 2.75) is 13.0 Å². The van der Waals surface area contributed by atoms with Gasteiger partial charge in [0.1, 0.15) is 0 Å². The molecule has 0 aliphatic carbocycles. The van der Waals surface area contributed by atoms with Crippen LogP contribution in [0.1, 0.15) is 18.6 Å². The van der Waals surface area contributed by atoms with Crippen LogP contribution in [0.3, 0.4) is 0 Å². The summed E-state index contributed by atoms with van der Waals surface area (Å²) in [5.41, 5.74) is 0.379. The largest absolute Gasteiger partial charge is 0.389 e. The first-order valence-electron chi connectivity index (χ1n) is 4.52. The molecule has 0 bridgehead atoms. The summed E-state index contributed by atoms with van der Waals surface area (Å²) in [5.74, 6) is 0. The molecule has 1 atom stereocenters. The quantitative estimate of drug-likeness (QED) is 0.585. The number of hydrogen-bond acceptors (Lipinski definition) is 3. The summed E-state index contributed by atoms with van der Waals surface area (Å²) in [6.45, 7) is 1.63. The highest BCUT2D eigenvalue weighted by Gasteiger charge is 2.03. The highest BCUT2D eigenvalue weighted by atomic mass is 16.3. The second-order valence-corrected chi connectivity index (χ2v) is 3.39. The van der Waals surface area contributed by atoms with Crippen molar-refractivity contribution in [2.24, 2.45) is 0 Å². The van der Waals surface area contributed by atoms with Gasteiger partial charge in [0.15, 0.2) is 0 Å². The van der Waals surface area contributed by atoms with Gasteiger partial charge < -0.3 is 15.1 Å². The van der Waals surface area contributed by atoms with Gasteiger partial charge in [-0.15, -0.1) is 0 Å². The Morgan fingerprint density at radius 1 is 1.13 bits per heavy atom. The maximum absolute atomic E-state index is 11.1. The van der Waals surface area contributed by atoms with E-state index in [9.17, 15) is 14.7 Å². The lowest BCUT2D eigenvalue weighted by Crippen LogP contribution is -2.28. The molecule has 0 spiro atoms. The monoisotopic (exact) mass is 206 g/mol. The zero-order valence-electron chi connectivity index (χ0n) is 8.07. The highest BCUT2D eigenvalue weighted by molar-refractivity contribution is 5.74. The summed E-state index contributed by atoms with van der Waals surface area (Å²) in [7, 11) is 0. The van der Waals surface area contributed by atoms with Crippen LogP contribution in [0, 0.1) is 0 Å². The summed E-state index contributed by atoms with van der Waals surface area (Å²) in [5, 5.41) is 9.34. The van der Waals surface area contributed by atoms with Crippen LogP contribution < -0.4 is 11.1 Å². The molecule has 1 aromatic carbocycles. The lowest BCUT2D eigenvalue weighted by Gasteiger charge is -2.05. The lowest BCUT2D eigenvalue weighted by atomic mass is 10.1. The molecule has 0 amide bonds. The molecule has 5 nitrogen and oxygen atoms in total. The summed E-state index contributed by atoms with van der Waals surface area (Å²) < 4.78 is 0. The van der Waals surface area contributed by atoms with Crippen molar-refractivity contribution >= 4 is 11.0 Å². The Kier molecular flexibility index (Phi) is 2.17. The third kappa shape index (κ3) is 1.69. The minimum atomic E-state index is -0.690. The zero-order valence-corrected chi connectivity index (χ0v) is 8.07. The molecule has 0 unspecified atom stereocenters. The van der Waals surface area contributed by atoms with E-state index in [0.717, 1.165) is 0 Å². The van der Waals surface area contributed by atoms with Crippen LogP contribution in [0.25, 0.3) is 11.0 Å². The van der Waals surface area contributed by atoms with Gasteiger partial charge in [-0.2, -0.15) is 0 Å². The molecule has 78 valence electrons. The molecule has 1 heterocycles. The molecule has 2 rings (SSSR count). The van der Waals surface area contributed by atoms with E-state index < -0.39 is 17.2 Å². The smallest absolute Gasteiger partial charge is 0.314 e. The van der Waals surface area contributed by atoms with Crippen LogP contribution in [0.2, 0.25) is 0 Å². The first-order valence-corrected chi connectivity index (χ1v) is 4.52. The predicted molar refractivity (Wildman–Crippen MR) is 55.8 cm³/mol. The predicted octanol–water partition coefficient (Wildman–Crippen LogP) is 0.270. The Bertz CT molecular complexity index is 610. The third-order valence-electron chi connectivity index (χ3n) is 2.23. The van der Waals surface area contributed by atoms with E-state index in [2.05, 4.69) is 9.97 Å². The van der Waals surface area contributed by atoms with Crippen LogP contribution >= 0.6 is 0 Å². The van der Waals surface area contributed by atoms with E-state index >= 15 is 0 Å². The Morgan fingerprint density at radius 2 is 1.73 bits per heavy atom. The number of rotatable bonds is 1. The Balaban J connectivity index is 2.77. The van der Waals surface area contributed by atoms with Crippen LogP contribution in [0.5, 0.6) is 0 Å². The van der Waals surface area contributed by atoms with Crippen molar-refractivity contribution in [1.82, 2.24) is 9.97 Å². The number of H-pyrrole nitrogens is 2. The average molecular weight is 206 g/mol. The zero-order chi connectivity index (χ0) is 11.0. The number of aliphatic hydroxyl groups excluding tert-OH is 1. The van der Waals surface area contributed by atoms with Gasteiger partial charge in [-0.05, 0) is 24.6 Å². The summed E-state index contributed by atoms with van der Waals surface area (Å²) in [6, 6.07) is 4.98. The fourth-order valence-electron chi connectivity index (χ4n) is 1.39. The summed E-state index contributed by atoms with van der Waals surface area (Å²) >= 11 is 0. The van der Waals surface area contributed by atoms with E-state index in [1.165, 1.54) is 0 Å². The van der Waals surface area contributed by atoms with Crippen molar-refractivity contribution in [1.29, 1.82) is 0 Å². The van der Waals surface area contributed by atoms with Gasteiger partial charge in [0, 0.05) is 0 Å². The fourth-order valence-corrected chi connectivity index (χ4v) is 1.39. The molecular weight excluding hydrogens is 196 g/mol. The third-order valence-corrected chi connectivity index (χ3v) is 2.23. The van der Waals surface area contributed by atoms with Crippen LogP contribution in [0.4, 0.5) is 0 Å². The molecule has 0 fully saturated rings. The van der Waals surface area contributed by atoms with Crippen molar-refractivity contribution < 1.29 is 5.11 Å². The molecular formula is C10H10N2O3. The van der Waals surface area contributed by atoms with Crippen LogP contribution in [0.15, 0.2) is 27.8 Å². The maximum atomic E-state index is 11.1.